The van der Waals surface area contributed by atoms with E-state index in [0.29, 0.717) is 24.9 Å². The Labute approximate surface area is 185 Å². The highest BCUT2D eigenvalue weighted by Gasteiger charge is 2.07. The molecule has 0 spiro atoms. The minimum Gasteiger partial charge on any atom is -0.493 e. The number of aryl methyl sites for hydroxylation is 2. The molecule has 0 saturated heterocycles. The Balaban J connectivity index is 0.00000392. The molecule has 156 valence electrons. The maximum absolute atomic E-state index is 5.95. The normalized spacial score (nSPS) is 11.3. The van der Waals surface area contributed by atoms with Gasteiger partial charge in [0.2, 0.25) is 5.89 Å². The summed E-state index contributed by atoms with van der Waals surface area (Å²) in [5.74, 6) is 3.76. The highest BCUT2D eigenvalue weighted by molar-refractivity contribution is 14.0. The largest absolute Gasteiger partial charge is 0.493 e. The van der Waals surface area contributed by atoms with Crippen molar-refractivity contribution in [2.24, 2.45) is 10.9 Å². The molecule has 2 rings (SSSR count). The van der Waals surface area contributed by atoms with Crippen LogP contribution >= 0.6 is 24.0 Å². The van der Waals surface area contributed by atoms with Crippen LogP contribution in [0.15, 0.2) is 33.7 Å². The third kappa shape index (κ3) is 8.08. The molecule has 7 heteroatoms. The molecule has 2 aromatic rings. The lowest BCUT2D eigenvalue weighted by atomic mass is 10.1. The third-order valence-electron chi connectivity index (χ3n) is 4.16. The number of nitrogens with zero attached hydrogens (tertiary/aromatic N) is 2. The lowest BCUT2D eigenvalue weighted by Crippen LogP contribution is -2.36. The van der Waals surface area contributed by atoms with E-state index in [4.69, 9.17) is 9.15 Å². The van der Waals surface area contributed by atoms with Crippen LogP contribution in [0.2, 0.25) is 0 Å². The molecule has 1 aromatic carbocycles. The second-order valence-corrected chi connectivity index (χ2v) is 6.94. The number of guanidine groups is 1. The number of para-hydroxylation sites is 1. The Hall–Kier alpha value is -1.77. The molecule has 0 aliphatic heterocycles. The summed E-state index contributed by atoms with van der Waals surface area (Å²) in [6.07, 6.45) is 1.04. The second-order valence-electron chi connectivity index (χ2n) is 6.94. The summed E-state index contributed by atoms with van der Waals surface area (Å²) in [4.78, 5) is 9.07. The number of ether oxygens (including phenoxy) is 1. The molecule has 2 N–H and O–H groups in total. The summed E-state index contributed by atoms with van der Waals surface area (Å²) in [7, 11) is 0. The molecular weight excluding hydrogens is 467 g/mol. The molecule has 0 saturated carbocycles. The van der Waals surface area contributed by atoms with Crippen LogP contribution in [0.1, 0.15) is 50.1 Å². The molecule has 1 heterocycles. The zero-order valence-corrected chi connectivity index (χ0v) is 19.9. The molecule has 0 atom stereocenters. The summed E-state index contributed by atoms with van der Waals surface area (Å²) in [5, 5.41) is 6.52. The van der Waals surface area contributed by atoms with Crippen molar-refractivity contribution in [1.29, 1.82) is 0 Å². The first-order chi connectivity index (χ1) is 13.0. The Kier molecular flexibility index (Phi) is 11.0. The van der Waals surface area contributed by atoms with Crippen LogP contribution in [0.4, 0.5) is 0 Å². The molecule has 0 unspecified atom stereocenters. The third-order valence-corrected chi connectivity index (χ3v) is 4.16. The van der Waals surface area contributed by atoms with E-state index in [1.165, 1.54) is 0 Å². The van der Waals surface area contributed by atoms with E-state index >= 15 is 0 Å². The predicted molar refractivity (Wildman–Crippen MR) is 124 cm³/mol. The first-order valence-corrected chi connectivity index (χ1v) is 9.65. The second kappa shape index (κ2) is 12.6. The lowest BCUT2D eigenvalue weighted by molar-refractivity contribution is 0.287. The van der Waals surface area contributed by atoms with Gasteiger partial charge in [-0.25, -0.2) is 9.98 Å². The lowest BCUT2D eigenvalue weighted by Gasteiger charge is -2.13. The van der Waals surface area contributed by atoms with Crippen molar-refractivity contribution in [2.45, 2.75) is 54.1 Å². The standard InChI is InChI=1S/C21H32N4O2.HI/c1-6-22-21(24-14-20-25-16(4)17(5)27-20)23-13-18-9-7-8-10-19(18)26-12-11-15(2)3;/h7-10,15H,6,11-14H2,1-5H3,(H2,22,23,24);1H. The number of oxazole rings is 1. The quantitative estimate of drug-likeness (QED) is 0.300. The Morgan fingerprint density at radius 1 is 1.21 bits per heavy atom. The molecule has 6 nitrogen and oxygen atoms in total. The Morgan fingerprint density at radius 2 is 1.96 bits per heavy atom. The molecule has 0 aliphatic carbocycles. The number of halogens is 1. The van der Waals surface area contributed by atoms with Crippen LogP contribution in [-0.2, 0) is 13.1 Å². The van der Waals surface area contributed by atoms with Gasteiger partial charge in [0.25, 0.3) is 0 Å². The van der Waals surface area contributed by atoms with Gasteiger partial charge in [-0.1, -0.05) is 32.0 Å². The van der Waals surface area contributed by atoms with Crippen molar-refractivity contribution in [3.05, 3.63) is 47.2 Å². The summed E-state index contributed by atoms with van der Waals surface area (Å²) in [6.45, 7) is 12.8. The van der Waals surface area contributed by atoms with Crippen molar-refractivity contribution in [3.8, 4) is 5.75 Å². The SMILES string of the molecule is CCNC(=NCc1ccccc1OCCC(C)C)NCc1nc(C)c(C)o1.I. The van der Waals surface area contributed by atoms with Gasteiger partial charge in [-0.3, -0.25) is 0 Å². The molecule has 0 bridgehead atoms. The molecular formula is C21H33IN4O2. The van der Waals surface area contributed by atoms with Crippen molar-refractivity contribution in [3.63, 3.8) is 0 Å². The first-order valence-electron chi connectivity index (χ1n) is 9.65. The average Bonchev–Trinajstić information content (AvgIpc) is 2.96. The molecule has 0 aliphatic rings. The molecule has 28 heavy (non-hydrogen) atoms. The van der Waals surface area contributed by atoms with Crippen LogP contribution in [0, 0.1) is 19.8 Å². The van der Waals surface area contributed by atoms with Crippen LogP contribution in [0.3, 0.4) is 0 Å². The van der Waals surface area contributed by atoms with E-state index < -0.39 is 0 Å². The van der Waals surface area contributed by atoms with E-state index in [1.54, 1.807) is 0 Å². The average molecular weight is 500 g/mol. The van der Waals surface area contributed by atoms with Gasteiger partial charge in [-0.15, -0.1) is 24.0 Å². The van der Waals surface area contributed by atoms with Gasteiger partial charge < -0.3 is 19.8 Å². The van der Waals surface area contributed by atoms with Gasteiger partial charge in [0.15, 0.2) is 5.96 Å². The first kappa shape index (κ1) is 24.3. The van der Waals surface area contributed by atoms with Gasteiger partial charge in [0.1, 0.15) is 11.5 Å². The van der Waals surface area contributed by atoms with Crippen molar-refractivity contribution in [1.82, 2.24) is 15.6 Å². The summed E-state index contributed by atoms with van der Waals surface area (Å²) >= 11 is 0. The number of aromatic nitrogens is 1. The fraction of sp³-hybridized carbons (Fsp3) is 0.524. The van der Waals surface area contributed by atoms with Crippen molar-refractivity contribution in [2.75, 3.05) is 13.2 Å². The summed E-state index contributed by atoms with van der Waals surface area (Å²) in [6, 6.07) is 8.07. The Morgan fingerprint density at radius 3 is 2.61 bits per heavy atom. The highest BCUT2D eigenvalue weighted by Crippen LogP contribution is 2.19. The van der Waals surface area contributed by atoms with Gasteiger partial charge in [-0.05, 0) is 39.2 Å². The maximum atomic E-state index is 5.95. The molecule has 0 radical (unpaired) electrons. The van der Waals surface area contributed by atoms with Crippen LogP contribution in [0.5, 0.6) is 5.75 Å². The van der Waals surface area contributed by atoms with Crippen LogP contribution < -0.4 is 15.4 Å². The maximum Gasteiger partial charge on any atom is 0.214 e. The molecule has 0 amide bonds. The smallest absolute Gasteiger partial charge is 0.214 e. The van der Waals surface area contributed by atoms with Crippen LogP contribution in [0.25, 0.3) is 0 Å². The number of hydrogen-bond donors (Lipinski definition) is 2. The number of hydrogen-bond acceptors (Lipinski definition) is 4. The molecule has 0 fully saturated rings. The number of aliphatic imine (C=N–C) groups is 1. The molecule has 1 aromatic heterocycles. The zero-order valence-electron chi connectivity index (χ0n) is 17.5. The summed E-state index contributed by atoms with van der Waals surface area (Å²) < 4.78 is 11.6. The van der Waals surface area contributed by atoms with Gasteiger partial charge in [-0.2, -0.15) is 0 Å². The zero-order chi connectivity index (χ0) is 19.6. The fourth-order valence-electron chi connectivity index (χ4n) is 2.46. The highest BCUT2D eigenvalue weighted by atomic mass is 127. The van der Waals surface area contributed by atoms with Gasteiger partial charge in [0.05, 0.1) is 25.4 Å². The fourth-order valence-corrected chi connectivity index (χ4v) is 2.46. The van der Waals surface area contributed by atoms with E-state index in [0.717, 1.165) is 48.3 Å². The van der Waals surface area contributed by atoms with E-state index in [2.05, 4.69) is 40.5 Å². The monoisotopic (exact) mass is 500 g/mol. The van der Waals surface area contributed by atoms with Crippen molar-refractivity contribution < 1.29 is 9.15 Å². The van der Waals surface area contributed by atoms with Crippen molar-refractivity contribution >= 4 is 29.9 Å². The summed E-state index contributed by atoms with van der Waals surface area (Å²) in [5.41, 5.74) is 1.99. The van der Waals surface area contributed by atoms with E-state index in [9.17, 15) is 0 Å². The topological polar surface area (TPSA) is 71.7 Å². The van der Waals surface area contributed by atoms with E-state index in [-0.39, 0.29) is 24.0 Å². The van der Waals surface area contributed by atoms with Crippen LogP contribution in [-0.4, -0.2) is 24.1 Å². The number of rotatable bonds is 9. The minimum atomic E-state index is 0. The van der Waals surface area contributed by atoms with Gasteiger partial charge in [0, 0.05) is 12.1 Å². The van der Waals surface area contributed by atoms with Gasteiger partial charge >= 0.3 is 0 Å². The number of nitrogens with one attached hydrogen (secondary N) is 2. The predicted octanol–water partition coefficient (Wildman–Crippen LogP) is 4.59. The number of benzene rings is 1. The van der Waals surface area contributed by atoms with E-state index in [1.807, 2.05) is 39.0 Å². The Bertz CT molecular complexity index is 724. The minimum absolute atomic E-state index is 0.